The van der Waals surface area contributed by atoms with Gasteiger partial charge < -0.3 is 15.8 Å². The lowest BCUT2D eigenvalue weighted by Crippen LogP contribution is -2.26. The highest BCUT2D eigenvalue weighted by Crippen LogP contribution is 2.21. The zero-order valence-electron chi connectivity index (χ0n) is 10.3. The van der Waals surface area contributed by atoms with Crippen LogP contribution in [0.15, 0.2) is 41.8 Å². The number of carbonyl (C=O) groups excluding carboxylic acids is 1. The van der Waals surface area contributed by atoms with Gasteiger partial charge in [-0.1, -0.05) is 6.07 Å². The van der Waals surface area contributed by atoms with Gasteiger partial charge in [0.25, 0.3) is 0 Å². The van der Waals surface area contributed by atoms with Crippen LogP contribution in [0.4, 0.5) is 14.5 Å². The molecule has 20 heavy (non-hydrogen) atoms. The number of nitrogens with two attached hydrogens (primary N) is 1. The predicted octanol–water partition coefficient (Wildman–Crippen LogP) is 2.99. The average molecular weight is 298 g/mol. The summed E-state index contributed by atoms with van der Waals surface area (Å²) in [5.74, 6) is -0.337. The summed E-state index contributed by atoms with van der Waals surface area (Å²) in [6, 6.07) is 8.45. The SMILES string of the molecule is NC(C(=O)Nc1ccc(OC(F)F)cc1)c1cccs1. The first kappa shape index (κ1) is 14.4. The number of alkyl halides is 2. The van der Waals surface area contributed by atoms with Crippen LogP contribution >= 0.6 is 11.3 Å². The summed E-state index contributed by atoms with van der Waals surface area (Å²) in [5, 5.41) is 4.44. The molecule has 0 aliphatic heterocycles. The van der Waals surface area contributed by atoms with E-state index in [9.17, 15) is 13.6 Å². The van der Waals surface area contributed by atoms with Crippen molar-refractivity contribution >= 4 is 22.9 Å². The summed E-state index contributed by atoms with van der Waals surface area (Å²) in [6.07, 6.45) is 0. The Morgan fingerprint density at radius 2 is 1.95 bits per heavy atom. The first-order valence-corrected chi connectivity index (χ1v) is 6.59. The molecular weight excluding hydrogens is 286 g/mol. The molecule has 2 aromatic rings. The molecule has 0 bridgehead atoms. The highest BCUT2D eigenvalue weighted by atomic mass is 32.1. The molecule has 1 aromatic heterocycles. The molecule has 1 heterocycles. The van der Waals surface area contributed by atoms with Crippen LogP contribution in [0.2, 0.25) is 0 Å². The minimum atomic E-state index is -2.87. The van der Waals surface area contributed by atoms with Crippen molar-refractivity contribution in [2.45, 2.75) is 12.7 Å². The molecule has 0 aliphatic carbocycles. The maximum Gasteiger partial charge on any atom is 0.387 e. The molecule has 2 rings (SSSR count). The number of anilines is 1. The highest BCUT2D eigenvalue weighted by molar-refractivity contribution is 7.10. The Balaban J connectivity index is 1.97. The summed E-state index contributed by atoms with van der Waals surface area (Å²) in [4.78, 5) is 12.6. The summed E-state index contributed by atoms with van der Waals surface area (Å²) < 4.78 is 28.2. The fourth-order valence-electron chi connectivity index (χ4n) is 1.54. The van der Waals surface area contributed by atoms with Crippen molar-refractivity contribution in [2.75, 3.05) is 5.32 Å². The van der Waals surface area contributed by atoms with Crippen molar-refractivity contribution in [1.29, 1.82) is 0 Å². The third-order valence-corrected chi connectivity index (χ3v) is 3.43. The molecule has 0 fully saturated rings. The largest absolute Gasteiger partial charge is 0.435 e. The Morgan fingerprint density at radius 1 is 1.25 bits per heavy atom. The number of benzene rings is 1. The van der Waals surface area contributed by atoms with Crippen LogP contribution in [0.1, 0.15) is 10.9 Å². The second-order valence-corrected chi connectivity index (χ2v) is 4.86. The molecule has 3 N–H and O–H groups in total. The van der Waals surface area contributed by atoms with E-state index >= 15 is 0 Å². The van der Waals surface area contributed by atoms with Crippen LogP contribution in [0.3, 0.4) is 0 Å². The number of nitrogens with one attached hydrogen (secondary N) is 1. The molecular formula is C13H12F2N2O2S. The standard InChI is InChI=1S/C13H12F2N2O2S/c14-13(15)19-9-5-3-8(4-6-9)17-12(18)11(16)10-2-1-7-20-10/h1-7,11,13H,16H2,(H,17,18). The van der Waals surface area contributed by atoms with E-state index in [2.05, 4.69) is 10.1 Å². The van der Waals surface area contributed by atoms with Crippen molar-refractivity contribution in [3.63, 3.8) is 0 Å². The van der Waals surface area contributed by atoms with E-state index in [0.29, 0.717) is 5.69 Å². The van der Waals surface area contributed by atoms with Crippen LogP contribution in [0.25, 0.3) is 0 Å². The molecule has 0 spiro atoms. The normalized spacial score (nSPS) is 12.2. The van der Waals surface area contributed by atoms with Gasteiger partial charge in [-0.25, -0.2) is 0 Å². The van der Waals surface area contributed by atoms with E-state index in [-0.39, 0.29) is 11.7 Å². The van der Waals surface area contributed by atoms with Crippen molar-refractivity contribution in [1.82, 2.24) is 0 Å². The fraction of sp³-hybridized carbons (Fsp3) is 0.154. The van der Waals surface area contributed by atoms with Crippen molar-refractivity contribution in [2.24, 2.45) is 5.73 Å². The summed E-state index contributed by atoms with van der Waals surface area (Å²) >= 11 is 1.39. The molecule has 1 amide bonds. The number of amides is 1. The third-order valence-electron chi connectivity index (χ3n) is 2.48. The molecule has 4 nitrogen and oxygen atoms in total. The minimum Gasteiger partial charge on any atom is -0.435 e. The van der Waals surface area contributed by atoms with Crippen LogP contribution < -0.4 is 15.8 Å². The van der Waals surface area contributed by atoms with Crippen LogP contribution in [0.5, 0.6) is 5.75 Å². The van der Waals surface area contributed by atoms with E-state index in [1.54, 1.807) is 6.07 Å². The molecule has 0 radical (unpaired) electrons. The third kappa shape index (κ3) is 3.75. The van der Waals surface area contributed by atoms with Crippen LogP contribution in [0, 0.1) is 0 Å². The molecule has 1 aromatic carbocycles. The quantitative estimate of drug-likeness (QED) is 0.892. The van der Waals surface area contributed by atoms with Gasteiger partial charge >= 0.3 is 6.61 Å². The Bertz CT molecular complexity index is 558. The Morgan fingerprint density at radius 3 is 2.50 bits per heavy atom. The molecule has 1 unspecified atom stereocenters. The smallest absolute Gasteiger partial charge is 0.387 e. The molecule has 106 valence electrons. The fourth-order valence-corrected chi connectivity index (χ4v) is 2.26. The Hall–Kier alpha value is -1.99. The molecule has 0 aliphatic rings. The number of ether oxygens (including phenoxy) is 1. The van der Waals surface area contributed by atoms with Gasteiger partial charge in [-0.2, -0.15) is 8.78 Å². The number of hydrogen-bond acceptors (Lipinski definition) is 4. The Labute approximate surface area is 118 Å². The zero-order valence-corrected chi connectivity index (χ0v) is 11.1. The number of rotatable bonds is 5. The van der Waals surface area contributed by atoms with Gasteiger partial charge in [0.15, 0.2) is 0 Å². The van der Waals surface area contributed by atoms with E-state index in [4.69, 9.17) is 5.73 Å². The van der Waals surface area contributed by atoms with Gasteiger partial charge in [0.1, 0.15) is 11.8 Å². The first-order chi connectivity index (χ1) is 9.56. The van der Waals surface area contributed by atoms with E-state index in [1.807, 2.05) is 11.4 Å². The average Bonchev–Trinajstić information content (AvgIpc) is 2.93. The van der Waals surface area contributed by atoms with Gasteiger partial charge in [-0.05, 0) is 35.7 Å². The number of thiophene rings is 1. The second kappa shape index (κ2) is 6.44. The molecule has 1 atom stereocenters. The lowest BCUT2D eigenvalue weighted by atomic mass is 10.2. The summed E-state index contributed by atoms with van der Waals surface area (Å²) in [5.41, 5.74) is 6.26. The lowest BCUT2D eigenvalue weighted by molar-refractivity contribution is -0.117. The Kier molecular flexibility index (Phi) is 4.65. The monoisotopic (exact) mass is 298 g/mol. The summed E-state index contributed by atoms with van der Waals surface area (Å²) in [6.45, 7) is -2.87. The molecule has 7 heteroatoms. The van der Waals surface area contributed by atoms with E-state index < -0.39 is 12.7 Å². The van der Waals surface area contributed by atoms with E-state index in [1.165, 1.54) is 35.6 Å². The van der Waals surface area contributed by atoms with E-state index in [0.717, 1.165) is 4.88 Å². The lowest BCUT2D eigenvalue weighted by Gasteiger charge is -2.11. The van der Waals surface area contributed by atoms with Gasteiger partial charge in [0.2, 0.25) is 5.91 Å². The summed E-state index contributed by atoms with van der Waals surface area (Å²) in [7, 11) is 0. The molecule has 0 saturated heterocycles. The van der Waals surface area contributed by atoms with Crippen molar-refractivity contribution in [3.05, 3.63) is 46.7 Å². The van der Waals surface area contributed by atoms with Gasteiger partial charge in [0.05, 0.1) is 0 Å². The number of hydrogen-bond donors (Lipinski definition) is 2. The van der Waals surface area contributed by atoms with Crippen LogP contribution in [-0.4, -0.2) is 12.5 Å². The van der Waals surface area contributed by atoms with Crippen molar-refractivity contribution < 1.29 is 18.3 Å². The highest BCUT2D eigenvalue weighted by Gasteiger charge is 2.16. The van der Waals surface area contributed by atoms with Crippen LogP contribution in [-0.2, 0) is 4.79 Å². The predicted molar refractivity (Wildman–Crippen MR) is 73.0 cm³/mol. The minimum absolute atomic E-state index is 0.0283. The van der Waals surface area contributed by atoms with Gasteiger partial charge in [-0.15, -0.1) is 11.3 Å². The number of halogens is 2. The zero-order chi connectivity index (χ0) is 14.5. The number of carbonyl (C=O) groups is 1. The maximum atomic E-state index is 12.0. The first-order valence-electron chi connectivity index (χ1n) is 5.71. The van der Waals surface area contributed by atoms with Gasteiger partial charge in [0, 0.05) is 10.6 Å². The second-order valence-electron chi connectivity index (χ2n) is 3.89. The molecule has 0 saturated carbocycles. The van der Waals surface area contributed by atoms with Gasteiger partial charge in [-0.3, -0.25) is 4.79 Å². The maximum absolute atomic E-state index is 12.0. The van der Waals surface area contributed by atoms with Crippen molar-refractivity contribution in [3.8, 4) is 5.75 Å². The topological polar surface area (TPSA) is 64.4 Å².